The fourth-order valence-electron chi connectivity index (χ4n) is 1.76. The van der Waals surface area contributed by atoms with Gasteiger partial charge in [-0.1, -0.05) is 31.9 Å². The summed E-state index contributed by atoms with van der Waals surface area (Å²) < 4.78 is 0. The van der Waals surface area contributed by atoms with Crippen LogP contribution in [0.3, 0.4) is 0 Å². The average molecular weight is 270 g/mol. The van der Waals surface area contributed by atoms with E-state index in [1.54, 1.807) is 0 Å². The maximum absolute atomic E-state index is 12.0. The lowest BCUT2D eigenvalue weighted by Gasteiger charge is -2.17. The van der Waals surface area contributed by atoms with Crippen LogP contribution in [0.2, 0.25) is 5.02 Å². The Kier molecular flexibility index (Phi) is 5.41. The predicted octanol–water partition coefficient (Wildman–Crippen LogP) is 2.87. The van der Waals surface area contributed by atoms with Gasteiger partial charge in [0.15, 0.2) is 0 Å². The van der Waals surface area contributed by atoms with Gasteiger partial charge in [-0.2, -0.15) is 0 Å². The zero-order valence-electron chi connectivity index (χ0n) is 11.0. The molecule has 1 rings (SSSR count). The number of anilines is 1. The standard InChI is InChI=1S/C13H20ClN3O/c1-4-8(2)5-9(3)17-13(18)10-6-12(15)16-7-11(10)14/h6-9H,4-5H2,1-3H3,(H2,15,16)(H,17,18). The number of carbonyl (C=O) groups excluding carboxylic acids is 1. The van der Waals surface area contributed by atoms with E-state index in [-0.39, 0.29) is 11.9 Å². The molecule has 100 valence electrons. The lowest BCUT2D eigenvalue weighted by molar-refractivity contribution is 0.0935. The molecule has 1 aromatic rings. The first kappa shape index (κ1) is 14.8. The molecule has 3 N–H and O–H groups in total. The summed E-state index contributed by atoms with van der Waals surface area (Å²) >= 11 is 5.93. The minimum Gasteiger partial charge on any atom is -0.384 e. The molecule has 0 fully saturated rings. The zero-order chi connectivity index (χ0) is 13.7. The maximum atomic E-state index is 12.0. The molecule has 2 atom stereocenters. The van der Waals surface area contributed by atoms with Crippen molar-refractivity contribution < 1.29 is 4.79 Å². The van der Waals surface area contributed by atoms with Gasteiger partial charge in [0.25, 0.3) is 5.91 Å². The molecule has 0 bridgehead atoms. The van der Waals surface area contributed by atoms with E-state index in [0.29, 0.717) is 22.3 Å². The van der Waals surface area contributed by atoms with E-state index < -0.39 is 0 Å². The van der Waals surface area contributed by atoms with Gasteiger partial charge in [-0.05, 0) is 25.3 Å². The third kappa shape index (κ3) is 4.18. The Morgan fingerprint density at radius 3 is 2.83 bits per heavy atom. The fraction of sp³-hybridized carbons (Fsp3) is 0.538. The second-order valence-corrected chi connectivity index (χ2v) is 5.12. The van der Waals surface area contributed by atoms with Crippen LogP contribution in [-0.2, 0) is 0 Å². The van der Waals surface area contributed by atoms with Crippen LogP contribution < -0.4 is 11.1 Å². The molecular weight excluding hydrogens is 250 g/mol. The van der Waals surface area contributed by atoms with Gasteiger partial charge in [-0.25, -0.2) is 4.98 Å². The van der Waals surface area contributed by atoms with Gasteiger partial charge in [-0.3, -0.25) is 4.79 Å². The summed E-state index contributed by atoms with van der Waals surface area (Å²) in [5, 5.41) is 3.24. The third-order valence-corrected chi connectivity index (χ3v) is 3.25. The molecule has 0 saturated heterocycles. The molecule has 0 aliphatic rings. The molecule has 4 nitrogen and oxygen atoms in total. The van der Waals surface area contributed by atoms with Crippen molar-refractivity contribution in [1.29, 1.82) is 0 Å². The topological polar surface area (TPSA) is 68.0 Å². The number of halogens is 1. The minimum atomic E-state index is -0.204. The van der Waals surface area contributed by atoms with Crippen LogP contribution in [0.5, 0.6) is 0 Å². The third-order valence-electron chi connectivity index (χ3n) is 2.95. The molecule has 1 aromatic heterocycles. The number of pyridine rings is 1. The van der Waals surface area contributed by atoms with Gasteiger partial charge in [0.2, 0.25) is 0 Å². The molecule has 1 amide bonds. The number of nitrogens with two attached hydrogens (primary N) is 1. The smallest absolute Gasteiger partial charge is 0.253 e. The fourth-order valence-corrected chi connectivity index (χ4v) is 1.95. The van der Waals surface area contributed by atoms with Crippen LogP contribution in [0.15, 0.2) is 12.3 Å². The SMILES string of the molecule is CCC(C)CC(C)NC(=O)c1cc(N)ncc1Cl. The Hall–Kier alpha value is -1.29. The largest absolute Gasteiger partial charge is 0.384 e. The average Bonchev–Trinajstić information content (AvgIpc) is 2.31. The van der Waals surface area contributed by atoms with Crippen LogP contribution in [0, 0.1) is 5.92 Å². The Balaban J connectivity index is 2.67. The Bertz CT molecular complexity index is 423. The van der Waals surface area contributed by atoms with Crippen molar-refractivity contribution in [1.82, 2.24) is 10.3 Å². The second kappa shape index (κ2) is 6.59. The molecule has 5 heteroatoms. The number of nitrogens with zero attached hydrogens (tertiary/aromatic N) is 1. The first-order valence-electron chi connectivity index (χ1n) is 6.15. The molecule has 0 saturated carbocycles. The van der Waals surface area contributed by atoms with E-state index in [1.165, 1.54) is 12.3 Å². The van der Waals surface area contributed by atoms with Crippen LogP contribution in [0.1, 0.15) is 44.0 Å². The highest BCUT2D eigenvalue weighted by atomic mass is 35.5. The number of nitrogen functional groups attached to an aromatic ring is 1. The molecule has 1 heterocycles. The van der Waals surface area contributed by atoms with E-state index >= 15 is 0 Å². The van der Waals surface area contributed by atoms with E-state index in [2.05, 4.69) is 24.1 Å². The predicted molar refractivity (Wildman–Crippen MR) is 74.7 cm³/mol. The number of rotatable bonds is 5. The second-order valence-electron chi connectivity index (χ2n) is 4.71. The van der Waals surface area contributed by atoms with Crippen molar-refractivity contribution in [3.8, 4) is 0 Å². The van der Waals surface area contributed by atoms with Crippen molar-refractivity contribution in [3.05, 3.63) is 22.8 Å². The van der Waals surface area contributed by atoms with Crippen molar-refractivity contribution in [2.75, 3.05) is 5.73 Å². The highest BCUT2D eigenvalue weighted by Gasteiger charge is 2.15. The number of carbonyl (C=O) groups is 1. The minimum absolute atomic E-state index is 0.109. The van der Waals surface area contributed by atoms with Gasteiger partial charge in [0, 0.05) is 12.2 Å². The maximum Gasteiger partial charge on any atom is 0.253 e. The summed E-state index contributed by atoms with van der Waals surface area (Å²) in [5.41, 5.74) is 5.92. The van der Waals surface area contributed by atoms with E-state index in [1.807, 2.05) is 6.92 Å². The monoisotopic (exact) mass is 269 g/mol. The van der Waals surface area contributed by atoms with E-state index in [9.17, 15) is 4.79 Å². The van der Waals surface area contributed by atoms with Gasteiger partial charge in [-0.15, -0.1) is 0 Å². The molecule has 2 unspecified atom stereocenters. The molecule has 0 radical (unpaired) electrons. The molecule has 0 spiro atoms. The number of nitrogens with one attached hydrogen (secondary N) is 1. The van der Waals surface area contributed by atoms with Crippen molar-refractivity contribution >= 4 is 23.3 Å². The van der Waals surface area contributed by atoms with Gasteiger partial charge in [0.1, 0.15) is 5.82 Å². The Morgan fingerprint density at radius 2 is 2.22 bits per heavy atom. The molecule has 0 aromatic carbocycles. The van der Waals surface area contributed by atoms with Crippen molar-refractivity contribution in [2.24, 2.45) is 5.92 Å². The number of aromatic nitrogens is 1. The Labute approximate surface area is 113 Å². The normalized spacial score (nSPS) is 14.0. The quantitative estimate of drug-likeness (QED) is 0.864. The summed E-state index contributed by atoms with van der Waals surface area (Å²) in [4.78, 5) is 15.8. The highest BCUT2D eigenvalue weighted by Crippen LogP contribution is 2.17. The van der Waals surface area contributed by atoms with E-state index in [0.717, 1.165) is 12.8 Å². The number of hydrogen-bond acceptors (Lipinski definition) is 3. The summed E-state index contributed by atoms with van der Waals surface area (Å²) in [6.07, 6.45) is 3.44. The van der Waals surface area contributed by atoms with Gasteiger partial charge in [0.05, 0.1) is 10.6 Å². The van der Waals surface area contributed by atoms with Gasteiger partial charge < -0.3 is 11.1 Å². The molecule has 18 heavy (non-hydrogen) atoms. The summed E-state index contributed by atoms with van der Waals surface area (Å²) in [5.74, 6) is 0.669. The van der Waals surface area contributed by atoms with Crippen LogP contribution in [0.25, 0.3) is 0 Å². The van der Waals surface area contributed by atoms with Crippen molar-refractivity contribution in [3.63, 3.8) is 0 Å². The lowest BCUT2D eigenvalue weighted by atomic mass is 10.0. The number of amides is 1. The van der Waals surface area contributed by atoms with Crippen molar-refractivity contribution in [2.45, 2.75) is 39.7 Å². The van der Waals surface area contributed by atoms with E-state index in [4.69, 9.17) is 17.3 Å². The first-order valence-corrected chi connectivity index (χ1v) is 6.53. The molecular formula is C13H20ClN3O. The Morgan fingerprint density at radius 1 is 1.56 bits per heavy atom. The van der Waals surface area contributed by atoms with Crippen LogP contribution in [0.4, 0.5) is 5.82 Å². The zero-order valence-corrected chi connectivity index (χ0v) is 11.8. The molecule has 0 aliphatic heterocycles. The first-order chi connectivity index (χ1) is 8.43. The summed E-state index contributed by atoms with van der Waals surface area (Å²) in [6, 6.07) is 1.60. The highest BCUT2D eigenvalue weighted by molar-refractivity contribution is 6.33. The number of hydrogen-bond donors (Lipinski definition) is 2. The summed E-state index contributed by atoms with van der Waals surface area (Å²) in [6.45, 7) is 6.29. The van der Waals surface area contributed by atoms with Crippen LogP contribution >= 0.6 is 11.6 Å². The summed E-state index contributed by atoms with van der Waals surface area (Å²) in [7, 11) is 0. The van der Waals surface area contributed by atoms with Crippen LogP contribution in [-0.4, -0.2) is 16.9 Å². The molecule has 0 aliphatic carbocycles. The lowest BCUT2D eigenvalue weighted by Crippen LogP contribution is -2.34. The van der Waals surface area contributed by atoms with Gasteiger partial charge >= 0.3 is 0 Å².